The second-order valence-electron chi connectivity index (χ2n) is 6.87. The highest BCUT2D eigenvalue weighted by molar-refractivity contribution is 5.92. The quantitative estimate of drug-likeness (QED) is 0.847. The molecule has 2 heterocycles. The minimum absolute atomic E-state index is 0.308. The van der Waals surface area contributed by atoms with Crippen LogP contribution in [0.4, 0.5) is 19.0 Å². The monoisotopic (exact) mass is 351 g/mol. The number of piperidine rings is 1. The second kappa shape index (κ2) is 7.20. The number of nitrogens with one attached hydrogen (secondary N) is 1. The van der Waals surface area contributed by atoms with Crippen LogP contribution in [0.25, 0.3) is 10.8 Å². The maximum absolute atomic E-state index is 13.1. The van der Waals surface area contributed by atoms with E-state index in [4.69, 9.17) is 0 Å². The zero-order valence-electron chi connectivity index (χ0n) is 14.6. The molecule has 3 nitrogen and oxygen atoms in total. The van der Waals surface area contributed by atoms with Gasteiger partial charge in [-0.05, 0) is 38.1 Å². The molecule has 0 radical (unpaired) electrons. The summed E-state index contributed by atoms with van der Waals surface area (Å²) < 4.78 is 39.3. The summed E-state index contributed by atoms with van der Waals surface area (Å²) in [7, 11) is 0. The fourth-order valence-electron chi connectivity index (χ4n) is 3.70. The number of likely N-dealkylation sites (tertiary alicyclic amines) is 1. The number of pyridine rings is 1. The maximum atomic E-state index is 13.1. The van der Waals surface area contributed by atoms with E-state index in [-0.39, 0.29) is 0 Å². The van der Waals surface area contributed by atoms with E-state index in [2.05, 4.69) is 29.0 Å². The van der Waals surface area contributed by atoms with Crippen LogP contribution in [-0.4, -0.2) is 35.1 Å². The molecule has 2 atom stereocenters. The number of fused-ring (bicyclic) bond motifs is 1. The molecule has 136 valence electrons. The topological polar surface area (TPSA) is 28.2 Å². The number of hydrogen-bond donors (Lipinski definition) is 1. The highest BCUT2D eigenvalue weighted by Crippen LogP contribution is 2.32. The minimum atomic E-state index is -4.45. The predicted octanol–water partition coefficient (Wildman–Crippen LogP) is 4.93. The highest BCUT2D eigenvalue weighted by atomic mass is 19.4. The van der Waals surface area contributed by atoms with Crippen molar-refractivity contribution in [2.24, 2.45) is 0 Å². The molecule has 1 fully saturated rings. The molecule has 0 saturated carbocycles. The van der Waals surface area contributed by atoms with Gasteiger partial charge in [0.2, 0.25) is 0 Å². The van der Waals surface area contributed by atoms with Crippen LogP contribution >= 0.6 is 0 Å². The van der Waals surface area contributed by atoms with Crippen LogP contribution in [0.15, 0.2) is 30.3 Å². The van der Waals surface area contributed by atoms with Crippen molar-refractivity contribution in [3.63, 3.8) is 0 Å². The number of anilines is 1. The third-order valence-corrected chi connectivity index (χ3v) is 5.07. The van der Waals surface area contributed by atoms with Gasteiger partial charge in [-0.1, -0.05) is 30.7 Å². The van der Waals surface area contributed by atoms with E-state index in [9.17, 15) is 13.2 Å². The van der Waals surface area contributed by atoms with E-state index < -0.39 is 11.9 Å². The van der Waals surface area contributed by atoms with Crippen molar-refractivity contribution in [1.29, 1.82) is 0 Å². The Morgan fingerprint density at radius 2 is 1.84 bits per heavy atom. The van der Waals surface area contributed by atoms with Gasteiger partial charge < -0.3 is 5.32 Å². The molecule has 0 aliphatic carbocycles. The lowest BCUT2D eigenvalue weighted by Crippen LogP contribution is -2.45. The van der Waals surface area contributed by atoms with E-state index in [0.717, 1.165) is 18.0 Å². The van der Waals surface area contributed by atoms with Gasteiger partial charge in [0, 0.05) is 30.6 Å². The fourth-order valence-corrected chi connectivity index (χ4v) is 3.70. The first-order valence-corrected chi connectivity index (χ1v) is 8.83. The standard InChI is InChI=1S/C19H24F3N3/c1-13-6-5-7-14(2)25(13)11-10-23-18-16-9-4-3-8-15(16)12-17(24-18)19(20,21)22/h3-4,8-9,12-14H,5-7,10-11H2,1-2H3,(H,23,24). The van der Waals surface area contributed by atoms with Crippen molar-refractivity contribution in [3.05, 3.63) is 36.0 Å². The first-order valence-electron chi connectivity index (χ1n) is 8.83. The molecule has 1 aliphatic heterocycles. The van der Waals surface area contributed by atoms with Gasteiger partial charge in [-0.25, -0.2) is 4.98 Å². The average molecular weight is 351 g/mol. The Morgan fingerprint density at radius 1 is 1.16 bits per heavy atom. The van der Waals surface area contributed by atoms with Gasteiger partial charge in [-0.3, -0.25) is 4.90 Å². The van der Waals surface area contributed by atoms with E-state index in [1.165, 1.54) is 19.3 Å². The van der Waals surface area contributed by atoms with Crippen LogP contribution in [0.2, 0.25) is 0 Å². The van der Waals surface area contributed by atoms with Crippen LogP contribution in [0.5, 0.6) is 0 Å². The molecular formula is C19H24F3N3. The smallest absolute Gasteiger partial charge is 0.368 e. The molecule has 0 amide bonds. The summed E-state index contributed by atoms with van der Waals surface area (Å²) in [5, 5.41) is 4.40. The van der Waals surface area contributed by atoms with E-state index in [1.54, 1.807) is 18.2 Å². The SMILES string of the molecule is CC1CCCC(C)N1CCNc1nc(C(F)(F)F)cc2ccccc12. The number of alkyl halides is 3. The second-order valence-corrected chi connectivity index (χ2v) is 6.87. The molecule has 1 saturated heterocycles. The van der Waals surface area contributed by atoms with E-state index in [1.807, 2.05) is 6.07 Å². The third kappa shape index (κ3) is 4.06. The summed E-state index contributed by atoms with van der Waals surface area (Å²) in [5.41, 5.74) is -0.853. The van der Waals surface area contributed by atoms with Crippen molar-refractivity contribution in [1.82, 2.24) is 9.88 Å². The van der Waals surface area contributed by atoms with Crippen molar-refractivity contribution >= 4 is 16.6 Å². The summed E-state index contributed by atoms with van der Waals surface area (Å²) in [6.07, 6.45) is -0.855. The Kier molecular flexibility index (Phi) is 5.18. The van der Waals surface area contributed by atoms with Gasteiger partial charge in [-0.15, -0.1) is 0 Å². The molecule has 3 rings (SSSR count). The van der Waals surface area contributed by atoms with E-state index in [0.29, 0.717) is 29.8 Å². The molecule has 1 aromatic heterocycles. The Hall–Kier alpha value is -1.82. The third-order valence-electron chi connectivity index (χ3n) is 5.07. The fraction of sp³-hybridized carbons (Fsp3) is 0.526. The molecule has 1 N–H and O–H groups in total. The molecule has 1 aromatic carbocycles. The summed E-state index contributed by atoms with van der Waals surface area (Å²) in [6.45, 7) is 5.81. The van der Waals surface area contributed by atoms with Crippen molar-refractivity contribution in [2.75, 3.05) is 18.4 Å². The van der Waals surface area contributed by atoms with Crippen molar-refractivity contribution < 1.29 is 13.2 Å². The Labute approximate surface area is 146 Å². The summed E-state index contributed by atoms with van der Waals surface area (Å²) in [4.78, 5) is 6.26. The van der Waals surface area contributed by atoms with Crippen molar-refractivity contribution in [2.45, 2.75) is 51.4 Å². The first-order chi connectivity index (χ1) is 11.9. The summed E-state index contributed by atoms with van der Waals surface area (Å²) >= 11 is 0. The Balaban J connectivity index is 1.78. The molecule has 6 heteroatoms. The zero-order chi connectivity index (χ0) is 18.0. The average Bonchev–Trinajstić information content (AvgIpc) is 2.56. The number of benzene rings is 1. The lowest BCUT2D eigenvalue weighted by molar-refractivity contribution is -0.140. The van der Waals surface area contributed by atoms with Crippen molar-refractivity contribution in [3.8, 4) is 0 Å². The van der Waals surface area contributed by atoms with Gasteiger partial charge in [-0.2, -0.15) is 13.2 Å². The lowest BCUT2D eigenvalue weighted by atomic mass is 9.98. The minimum Gasteiger partial charge on any atom is -0.368 e. The van der Waals surface area contributed by atoms with Gasteiger partial charge in [0.1, 0.15) is 11.5 Å². The largest absolute Gasteiger partial charge is 0.433 e. The van der Waals surface area contributed by atoms with Gasteiger partial charge in [0.15, 0.2) is 0 Å². The van der Waals surface area contributed by atoms with Gasteiger partial charge >= 0.3 is 6.18 Å². The molecule has 25 heavy (non-hydrogen) atoms. The zero-order valence-corrected chi connectivity index (χ0v) is 14.6. The summed E-state index contributed by atoms with van der Waals surface area (Å²) in [5.74, 6) is 0.308. The normalized spacial score (nSPS) is 22.3. The van der Waals surface area contributed by atoms with Crippen LogP contribution in [-0.2, 0) is 6.18 Å². The lowest BCUT2D eigenvalue weighted by Gasteiger charge is -2.39. The van der Waals surface area contributed by atoms with Gasteiger partial charge in [0.25, 0.3) is 0 Å². The molecular weight excluding hydrogens is 327 g/mol. The predicted molar refractivity (Wildman–Crippen MR) is 94.7 cm³/mol. The molecule has 0 spiro atoms. The summed E-state index contributed by atoms with van der Waals surface area (Å²) in [6, 6.07) is 9.17. The molecule has 0 bridgehead atoms. The molecule has 1 aliphatic rings. The highest BCUT2D eigenvalue weighted by Gasteiger charge is 2.33. The molecule has 2 aromatic rings. The van der Waals surface area contributed by atoms with Crippen LogP contribution in [0, 0.1) is 0 Å². The van der Waals surface area contributed by atoms with Crippen LogP contribution in [0.1, 0.15) is 38.8 Å². The number of nitrogens with zero attached hydrogens (tertiary/aromatic N) is 2. The first kappa shape index (κ1) is 18.0. The van der Waals surface area contributed by atoms with Crippen LogP contribution in [0.3, 0.4) is 0 Å². The van der Waals surface area contributed by atoms with E-state index >= 15 is 0 Å². The molecule has 2 unspecified atom stereocenters. The Morgan fingerprint density at radius 3 is 2.52 bits per heavy atom. The van der Waals surface area contributed by atoms with Crippen LogP contribution < -0.4 is 5.32 Å². The number of rotatable bonds is 4. The number of hydrogen-bond acceptors (Lipinski definition) is 3. The maximum Gasteiger partial charge on any atom is 0.433 e. The Bertz CT molecular complexity index is 719. The van der Waals surface area contributed by atoms with Gasteiger partial charge in [0.05, 0.1) is 0 Å². The number of aromatic nitrogens is 1. The number of halogens is 3.